The summed E-state index contributed by atoms with van der Waals surface area (Å²) in [5.41, 5.74) is 0. The predicted molar refractivity (Wildman–Crippen MR) is 84.7 cm³/mol. The monoisotopic (exact) mass is 314 g/mol. The highest BCUT2D eigenvalue weighted by Crippen LogP contribution is 2.31. The number of carbonyl (C=O) groups is 2. The third-order valence-corrected chi connectivity index (χ3v) is 5.88. The van der Waals surface area contributed by atoms with E-state index in [0.29, 0.717) is 25.4 Å². The Morgan fingerprint density at radius 1 is 1.24 bits per heavy atom. The molecule has 2 amide bonds. The van der Waals surface area contributed by atoms with Gasteiger partial charge in [0.1, 0.15) is 6.04 Å². The second kappa shape index (κ2) is 6.46. The van der Waals surface area contributed by atoms with E-state index in [1.807, 2.05) is 16.7 Å². The molecule has 2 aliphatic rings. The number of carboxylic acids is 1. The van der Waals surface area contributed by atoms with Crippen molar-refractivity contribution in [1.29, 1.82) is 0 Å². The van der Waals surface area contributed by atoms with Crippen molar-refractivity contribution in [3.05, 3.63) is 0 Å². The highest BCUT2D eigenvalue weighted by molar-refractivity contribution is 8.00. The van der Waals surface area contributed by atoms with E-state index in [9.17, 15) is 14.7 Å². The van der Waals surface area contributed by atoms with Crippen molar-refractivity contribution in [2.75, 3.05) is 25.4 Å². The number of carboxylic acid groups (broad SMARTS) is 1. The fourth-order valence-corrected chi connectivity index (χ4v) is 4.10. The molecule has 2 fully saturated rings. The largest absolute Gasteiger partial charge is 0.480 e. The van der Waals surface area contributed by atoms with Gasteiger partial charge in [-0.3, -0.25) is 0 Å². The molecule has 2 saturated heterocycles. The maximum atomic E-state index is 12.7. The van der Waals surface area contributed by atoms with Crippen molar-refractivity contribution in [2.24, 2.45) is 5.92 Å². The number of carbonyl (C=O) groups excluding carboxylic acids is 1. The number of piperidine rings is 1. The first-order chi connectivity index (χ1) is 9.80. The lowest BCUT2D eigenvalue weighted by atomic mass is 9.92. The van der Waals surface area contributed by atoms with Gasteiger partial charge in [-0.2, -0.15) is 11.8 Å². The van der Waals surface area contributed by atoms with Crippen LogP contribution in [0.3, 0.4) is 0 Å². The Bertz CT molecular complexity index is 414. The molecule has 6 heteroatoms. The van der Waals surface area contributed by atoms with Crippen molar-refractivity contribution >= 4 is 23.8 Å². The maximum Gasteiger partial charge on any atom is 0.326 e. The molecule has 2 unspecified atom stereocenters. The van der Waals surface area contributed by atoms with E-state index in [1.165, 1.54) is 0 Å². The van der Waals surface area contributed by atoms with E-state index in [2.05, 4.69) is 20.8 Å². The summed E-state index contributed by atoms with van der Waals surface area (Å²) in [5, 5.41) is 9.40. The van der Waals surface area contributed by atoms with Crippen LogP contribution < -0.4 is 0 Å². The normalized spacial score (nSPS) is 29.9. The molecule has 0 aromatic rings. The lowest BCUT2D eigenvalue weighted by Gasteiger charge is -2.38. The molecule has 0 aromatic carbocycles. The molecule has 120 valence electrons. The zero-order chi connectivity index (χ0) is 15.6. The summed E-state index contributed by atoms with van der Waals surface area (Å²) < 4.78 is 0.192. The van der Waals surface area contributed by atoms with E-state index in [1.54, 1.807) is 4.90 Å². The van der Waals surface area contributed by atoms with Crippen LogP contribution in [0.1, 0.15) is 40.0 Å². The second-order valence-electron chi connectivity index (χ2n) is 6.80. The van der Waals surface area contributed by atoms with Crippen LogP contribution in [0.4, 0.5) is 4.79 Å². The summed E-state index contributed by atoms with van der Waals surface area (Å²) in [4.78, 5) is 27.6. The van der Waals surface area contributed by atoms with E-state index >= 15 is 0 Å². The van der Waals surface area contributed by atoms with Crippen molar-refractivity contribution in [3.63, 3.8) is 0 Å². The van der Waals surface area contributed by atoms with Crippen molar-refractivity contribution in [2.45, 2.75) is 50.8 Å². The molecule has 21 heavy (non-hydrogen) atoms. The number of hydrogen-bond donors (Lipinski definition) is 1. The maximum absolute atomic E-state index is 12.7. The summed E-state index contributed by atoms with van der Waals surface area (Å²) in [7, 11) is 0. The summed E-state index contributed by atoms with van der Waals surface area (Å²) in [6, 6.07) is -0.752. The summed E-state index contributed by atoms with van der Waals surface area (Å²) >= 11 is 1.89. The molecule has 0 aromatic heterocycles. The molecule has 0 spiro atoms. The first-order valence-electron chi connectivity index (χ1n) is 7.72. The van der Waals surface area contributed by atoms with Crippen LogP contribution in [0.25, 0.3) is 0 Å². The number of nitrogens with zero attached hydrogens (tertiary/aromatic N) is 2. The predicted octanol–water partition coefficient (Wildman–Crippen LogP) is 2.51. The Morgan fingerprint density at radius 2 is 1.95 bits per heavy atom. The topological polar surface area (TPSA) is 60.9 Å². The Labute approximate surface area is 131 Å². The number of thioether (sulfide) groups is 1. The minimum atomic E-state index is -0.876. The van der Waals surface area contributed by atoms with Crippen LogP contribution >= 0.6 is 11.8 Å². The Morgan fingerprint density at radius 3 is 2.62 bits per heavy atom. The van der Waals surface area contributed by atoms with Gasteiger partial charge in [0.2, 0.25) is 0 Å². The third kappa shape index (κ3) is 4.05. The molecule has 0 saturated carbocycles. The number of urea groups is 1. The average Bonchev–Trinajstić information content (AvgIpc) is 2.59. The minimum absolute atomic E-state index is 0.0902. The van der Waals surface area contributed by atoms with Gasteiger partial charge in [0.15, 0.2) is 0 Å². The van der Waals surface area contributed by atoms with Crippen LogP contribution in [0.5, 0.6) is 0 Å². The Hall–Kier alpha value is -0.910. The smallest absolute Gasteiger partial charge is 0.326 e. The lowest BCUT2D eigenvalue weighted by Crippen LogP contribution is -2.54. The Balaban J connectivity index is 2.05. The molecular weight excluding hydrogens is 288 g/mol. The van der Waals surface area contributed by atoms with Crippen molar-refractivity contribution in [1.82, 2.24) is 9.80 Å². The van der Waals surface area contributed by atoms with Crippen LogP contribution in [-0.2, 0) is 4.79 Å². The Kier molecular flexibility index (Phi) is 5.07. The average molecular weight is 314 g/mol. The van der Waals surface area contributed by atoms with Gasteiger partial charge >= 0.3 is 12.0 Å². The van der Waals surface area contributed by atoms with Gasteiger partial charge in [0.05, 0.1) is 0 Å². The molecule has 2 atom stereocenters. The van der Waals surface area contributed by atoms with Gasteiger partial charge in [-0.15, -0.1) is 0 Å². The van der Waals surface area contributed by atoms with Crippen LogP contribution in [0.2, 0.25) is 0 Å². The van der Waals surface area contributed by atoms with Gasteiger partial charge in [0, 0.05) is 30.1 Å². The van der Waals surface area contributed by atoms with Crippen LogP contribution in [-0.4, -0.2) is 63.1 Å². The highest BCUT2D eigenvalue weighted by Gasteiger charge is 2.37. The van der Waals surface area contributed by atoms with Gasteiger partial charge in [-0.25, -0.2) is 9.59 Å². The van der Waals surface area contributed by atoms with Gasteiger partial charge < -0.3 is 14.9 Å². The SMILES string of the molecule is CC1CCN(C(=O)N2CCSC(C)(C)CC2)C(C(=O)O)C1. The molecule has 1 N–H and O–H groups in total. The molecule has 2 rings (SSSR count). The molecule has 2 aliphatic heterocycles. The zero-order valence-electron chi connectivity index (χ0n) is 13.2. The van der Waals surface area contributed by atoms with Crippen LogP contribution in [0, 0.1) is 5.92 Å². The number of likely N-dealkylation sites (tertiary alicyclic amines) is 1. The van der Waals surface area contributed by atoms with E-state index in [0.717, 1.165) is 25.1 Å². The summed E-state index contributed by atoms with van der Waals surface area (Å²) in [6.07, 6.45) is 2.41. The first kappa shape index (κ1) is 16.5. The van der Waals surface area contributed by atoms with E-state index < -0.39 is 12.0 Å². The lowest BCUT2D eigenvalue weighted by molar-refractivity contribution is -0.144. The van der Waals surface area contributed by atoms with Crippen molar-refractivity contribution < 1.29 is 14.7 Å². The first-order valence-corrected chi connectivity index (χ1v) is 8.71. The van der Waals surface area contributed by atoms with Crippen molar-refractivity contribution in [3.8, 4) is 0 Å². The summed E-state index contributed by atoms with van der Waals surface area (Å²) in [5.74, 6) is 0.411. The number of amides is 2. The standard InChI is InChI=1S/C15H26N2O3S/c1-11-4-6-17(12(10-11)13(18)19)14(20)16-7-5-15(2,3)21-9-8-16/h11-12H,4-10H2,1-3H3,(H,18,19). The highest BCUT2D eigenvalue weighted by atomic mass is 32.2. The van der Waals surface area contributed by atoms with Gasteiger partial charge in [0.25, 0.3) is 0 Å². The van der Waals surface area contributed by atoms with E-state index in [-0.39, 0.29) is 10.8 Å². The third-order valence-electron chi connectivity index (χ3n) is 4.50. The second-order valence-corrected chi connectivity index (χ2v) is 8.61. The molecule has 0 radical (unpaired) electrons. The van der Waals surface area contributed by atoms with Gasteiger partial charge in [-0.1, -0.05) is 20.8 Å². The zero-order valence-corrected chi connectivity index (χ0v) is 14.0. The molecule has 5 nitrogen and oxygen atoms in total. The summed E-state index contributed by atoms with van der Waals surface area (Å²) in [6.45, 7) is 8.46. The quantitative estimate of drug-likeness (QED) is 0.808. The molecule has 2 heterocycles. The van der Waals surface area contributed by atoms with Crippen LogP contribution in [0.15, 0.2) is 0 Å². The van der Waals surface area contributed by atoms with E-state index in [4.69, 9.17) is 0 Å². The molecule has 0 aliphatic carbocycles. The number of aliphatic carboxylic acids is 1. The fourth-order valence-electron chi connectivity index (χ4n) is 3.00. The number of rotatable bonds is 1. The molecule has 0 bridgehead atoms. The fraction of sp³-hybridized carbons (Fsp3) is 0.867. The minimum Gasteiger partial charge on any atom is -0.480 e. The molecular formula is C15H26N2O3S. The van der Waals surface area contributed by atoms with Gasteiger partial charge in [-0.05, 0) is 25.2 Å². The number of hydrogen-bond acceptors (Lipinski definition) is 3.